The molecule has 0 fully saturated rings. The van der Waals surface area contributed by atoms with E-state index in [2.05, 4.69) is 15.3 Å². The highest BCUT2D eigenvalue weighted by Gasteiger charge is 2.03. The van der Waals surface area contributed by atoms with Gasteiger partial charge in [0, 0.05) is 17.4 Å². The fraction of sp³-hybridized carbons (Fsp3) is 0.133. The average Bonchev–Trinajstić information content (AvgIpc) is 2.95. The van der Waals surface area contributed by atoms with Gasteiger partial charge in [0.15, 0.2) is 0 Å². The number of aromatic nitrogens is 4. The van der Waals surface area contributed by atoms with Gasteiger partial charge in [0.2, 0.25) is 0 Å². The molecule has 6 heteroatoms. The van der Waals surface area contributed by atoms with E-state index in [1.54, 1.807) is 23.0 Å². The molecule has 0 radical (unpaired) electrons. The monoisotopic (exact) mass is 300 g/mol. The summed E-state index contributed by atoms with van der Waals surface area (Å²) in [5.74, 6) is 0.751. The topological polar surface area (TPSA) is 52.8 Å². The second-order valence-corrected chi connectivity index (χ2v) is 4.95. The second kappa shape index (κ2) is 6.37. The number of benzene rings is 1. The SMILES string of the molecule is Clc1ccc(OCc2cn(Cc3cccnc3)nn2)cc1. The lowest BCUT2D eigenvalue weighted by Gasteiger charge is -2.03. The summed E-state index contributed by atoms with van der Waals surface area (Å²) in [6, 6.07) is 11.1. The third-order valence-electron chi connectivity index (χ3n) is 2.85. The Balaban J connectivity index is 1.59. The molecule has 106 valence electrons. The number of nitrogens with zero attached hydrogens (tertiary/aromatic N) is 4. The van der Waals surface area contributed by atoms with Crippen LogP contribution in [0.15, 0.2) is 55.0 Å². The zero-order valence-electron chi connectivity index (χ0n) is 11.2. The largest absolute Gasteiger partial charge is 0.487 e. The summed E-state index contributed by atoms with van der Waals surface area (Å²) >= 11 is 5.82. The van der Waals surface area contributed by atoms with Crippen LogP contribution in [0.25, 0.3) is 0 Å². The highest BCUT2D eigenvalue weighted by molar-refractivity contribution is 6.30. The van der Waals surface area contributed by atoms with E-state index in [9.17, 15) is 0 Å². The lowest BCUT2D eigenvalue weighted by Crippen LogP contribution is -2.00. The Morgan fingerprint density at radius 2 is 2.00 bits per heavy atom. The standard InChI is InChI=1S/C15H13ClN4O/c16-13-3-5-15(6-4-13)21-11-14-10-20(19-18-14)9-12-2-1-7-17-8-12/h1-8,10H,9,11H2. The maximum Gasteiger partial charge on any atom is 0.134 e. The van der Waals surface area contributed by atoms with Crippen LogP contribution in [0.4, 0.5) is 0 Å². The Bertz CT molecular complexity index is 697. The lowest BCUT2D eigenvalue weighted by molar-refractivity contribution is 0.301. The average molecular weight is 301 g/mol. The molecule has 21 heavy (non-hydrogen) atoms. The fourth-order valence-electron chi connectivity index (χ4n) is 1.85. The van der Waals surface area contributed by atoms with Crippen molar-refractivity contribution < 1.29 is 4.74 Å². The second-order valence-electron chi connectivity index (χ2n) is 4.51. The first-order valence-corrected chi connectivity index (χ1v) is 6.84. The van der Waals surface area contributed by atoms with Gasteiger partial charge in [-0.1, -0.05) is 22.9 Å². The van der Waals surface area contributed by atoms with Crippen molar-refractivity contribution in [3.8, 4) is 5.75 Å². The van der Waals surface area contributed by atoms with E-state index in [4.69, 9.17) is 16.3 Å². The Hall–Kier alpha value is -2.40. The minimum Gasteiger partial charge on any atom is -0.487 e. The van der Waals surface area contributed by atoms with E-state index in [-0.39, 0.29) is 0 Å². The minimum atomic E-state index is 0.370. The van der Waals surface area contributed by atoms with Gasteiger partial charge in [-0.2, -0.15) is 0 Å². The third-order valence-corrected chi connectivity index (χ3v) is 3.11. The van der Waals surface area contributed by atoms with E-state index in [0.717, 1.165) is 17.0 Å². The predicted molar refractivity (Wildman–Crippen MR) is 79.1 cm³/mol. The molecule has 0 unspecified atom stereocenters. The predicted octanol–water partition coefficient (Wildman–Crippen LogP) is 2.95. The number of pyridine rings is 1. The van der Waals surface area contributed by atoms with Crippen molar-refractivity contribution in [2.45, 2.75) is 13.2 Å². The summed E-state index contributed by atoms with van der Waals surface area (Å²) in [7, 11) is 0. The van der Waals surface area contributed by atoms with E-state index >= 15 is 0 Å². The molecule has 0 saturated carbocycles. The van der Waals surface area contributed by atoms with Crippen molar-refractivity contribution in [3.63, 3.8) is 0 Å². The molecule has 0 aliphatic heterocycles. The van der Waals surface area contributed by atoms with Crippen molar-refractivity contribution >= 4 is 11.6 Å². The van der Waals surface area contributed by atoms with Crippen LogP contribution in [0.1, 0.15) is 11.3 Å². The summed E-state index contributed by atoms with van der Waals surface area (Å²) < 4.78 is 7.39. The van der Waals surface area contributed by atoms with Gasteiger partial charge in [-0.3, -0.25) is 4.98 Å². The normalized spacial score (nSPS) is 10.5. The Labute approximate surface area is 127 Å². The zero-order chi connectivity index (χ0) is 14.5. The van der Waals surface area contributed by atoms with Crippen molar-refractivity contribution in [2.24, 2.45) is 0 Å². The van der Waals surface area contributed by atoms with Crippen LogP contribution in [0.3, 0.4) is 0 Å². The third kappa shape index (κ3) is 3.79. The number of ether oxygens (including phenoxy) is 1. The Morgan fingerprint density at radius 1 is 1.14 bits per heavy atom. The van der Waals surface area contributed by atoms with Crippen LogP contribution < -0.4 is 4.74 Å². The van der Waals surface area contributed by atoms with Crippen LogP contribution in [0.5, 0.6) is 5.75 Å². The Morgan fingerprint density at radius 3 is 2.76 bits per heavy atom. The fourth-order valence-corrected chi connectivity index (χ4v) is 1.97. The molecule has 2 heterocycles. The van der Waals surface area contributed by atoms with Gasteiger partial charge < -0.3 is 4.74 Å². The molecule has 3 rings (SSSR count). The molecule has 5 nitrogen and oxygen atoms in total. The number of hydrogen-bond acceptors (Lipinski definition) is 4. The summed E-state index contributed by atoms with van der Waals surface area (Å²) in [5, 5.41) is 8.85. The van der Waals surface area contributed by atoms with Gasteiger partial charge in [0.1, 0.15) is 18.1 Å². The van der Waals surface area contributed by atoms with E-state index in [1.165, 1.54) is 0 Å². The summed E-state index contributed by atoms with van der Waals surface area (Å²) in [6.07, 6.45) is 5.42. The first kappa shape index (κ1) is 13.6. The maximum atomic E-state index is 5.82. The Kier molecular flexibility index (Phi) is 4.12. The van der Waals surface area contributed by atoms with Crippen LogP contribution >= 0.6 is 11.6 Å². The number of rotatable bonds is 5. The van der Waals surface area contributed by atoms with Gasteiger partial charge in [-0.05, 0) is 35.9 Å². The van der Waals surface area contributed by atoms with Crippen molar-refractivity contribution in [3.05, 3.63) is 71.3 Å². The van der Waals surface area contributed by atoms with Crippen LogP contribution in [-0.4, -0.2) is 20.0 Å². The summed E-state index contributed by atoms with van der Waals surface area (Å²) in [6.45, 7) is 1.01. The maximum absolute atomic E-state index is 5.82. The highest BCUT2D eigenvalue weighted by atomic mass is 35.5. The molecule has 0 spiro atoms. The molecular weight excluding hydrogens is 288 g/mol. The van der Waals surface area contributed by atoms with Crippen LogP contribution in [0.2, 0.25) is 5.02 Å². The van der Waals surface area contributed by atoms with Gasteiger partial charge >= 0.3 is 0 Å². The van der Waals surface area contributed by atoms with Crippen molar-refractivity contribution in [2.75, 3.05) is 0 Å². The van der Waals surface area contributed by atoms with Gasteiger partial charge in [0.05, 0.1) is 12.7 Å². The van der Waals surface area contributed by atoms with Crippen molar-refractivity contribution in [1.82, 2.24) is 20.0 Å². The molecule has 0 atom stereocenters. The molecule has 3 aromatic rings. The lowest BCUT2D eigenvalue weighted by atomic mass is 10.3. The molecular formula is C15H13ClN4O. The molecule has 2 aromatic heterocycles. The molecule has 0 bridgehead atoms. The number of halogens is 1. The molecule has 0 saturated heterocycles. The summed E-state index contributed by atoms with van der Waals surface area (Å²) in [4.78, 5) is 4.07. The first-order chi connectivity index (χ1) is 10.3. The van der Waals surface area contributed by atoms with E-state index < -0.39 is 0 Å². The summed E-state index contributed by atoms with van der Waals surface area (Å²) in [5.41, 5.74) is 1.85. The first-order valence-electron chi connectivity index (χ1n) is 6.46. The van der Waals surface area contributed by atoms with Gasteiger partial charge in [-0.25, -0.2) is 4.68 Å². The van der Waals surface area contributed by atoms with Gasteiger partial charge in [-0.15, -0.1) is 5.10 Å². The van der Waals surface area contributed by atoms with E-state index in [1.807, 2.05) is 36.7 Å². The molecule has 0 aliphatic rings. The smallest absolute Gasteiger partial charge is 0.134 e. The molecule has 0 amide bonds. The highest BCUT2D eigenvalue weighted by Crippen LogP contribution is 2.16. The molecule has 1 aromatic carbocycles. The van der Waals surface area contributed by atoms with E-state index in [0.29, 0.717) is 18.2 Å². The van der Waals surface area contributed by atoms with Crippen LogP contribution in [-0.2, 0) is 13.2 Å². The molecule has 0 aliphatic carbocycles. The van der Waals surface area contributed by atoms with Gasteiger partial charge in [0.25, 0.3) is 0 Å². The zero-order valence-corrected chi connectivity index (χ0v) is 11.9. The minimum absolute atomic E-state index is 0.370. The number of hydrogen-bond donors (Lipinski definition) is 0. The molecule has 0 N–H and O–H groups in total. The van der Waals surface area contributed by atoms with Crippen molar-refractivity contribution in [1.29, 1.82) is 0 Å². The van der Waals surface area contributed by atoms with Crippen LogP contribution in [0, 0.1) is 0 Å². The quantitative estimate of drug-likeness (QED) is 0.727.